The summed E-state index contributed by atoms with van der Waals surface area (Å²) in [5.41, 5.74) is 7.02. The summed E-state index contributed by atoms with van der Waals surface area (Å²) in [4.78, 5) is 24.6. The van der Waals surface area contributed by atoms with Crippen LogP contribution in [0, 0.1) is 5.82 Å². The van der Waals surface area contributed by atoms with Gasteiger partial charge >= 0.3 is 0 Å². The number of amides is 1. The van der Waals surface area contributed by atoms with Gasteiger partial charge in [0.2, 0.25) is 11.7 Å². The highest BCUT2D eigenvalue weighted by Gasteiger charge is 2.14. The molecule has 0 spiro atoms. The van der Waals surface area contributed by atoms with Crippen molar-refractivity contribution < 1.29 is 23.1 Å². The van der Waals surface area contributed by atoms with Crippen molar-refractivity contribution in [3.05, 3.63) is 71.3 Å². The normalized spacial score (nSPS) is 10.8. The van der Waals surface area contributed by atoms with Crippen LogP contribution >= 0.6 is 11.6 Å². The molecule has 0 saturated heterocycles. The van der Waals surface area contributed by atoms with Gasteiger partial charge in [-0.2, -0.15) is 0 Å². The van der Waals surface area contributed by atoms with Crippen molar-refractivity contribution in [2.75, 3.05) is 24.8 Å². The molecule has 0 aliphatic rings. The Morgan fingerprint density at radius 2 is 1.97 bits per heavy atom. The van der Waals surface area contributed by atoms with Crippen LogP contribution in [0.25, 0.3) is 11.7 Å². The minimum absolute atomic E-state index is 0.0631. The van der Waals surface area contributed by atoms with E-state index in [2.05, 4.69) is 25.6 Å². The van der Waals surface area contributed by atoms with Crippen LogP contribution in [0.2, 0.25) is 5.02 Å². The minimum atomic E-state index is -0.497. The molecule has 36 heavy (non-hydrogen) atoms. The maximum absolute atomic E-state index is 13.9. The van der Waals surface area contributed by atoms with Crippen molar-refractivity contribution in [2.45, 2.75) is 13.0 Å². The molecule has 10 nitrogen and oxygen atoms in total. The first kappa shape index (κ1) is 24.9. The van der Waals surface area contributed by atoms with Gasteiger partial charge < -0.3 is 30.3 Å². The summed E-state index contributed by atoms with van der Waals surface area (Å²) in [6, 6.07) is 12.5. The predicted molar refractivity (Wildman–Crippen MR) is 131 cm³/mol. The van der Waals surface area contributed by atoms with Gasteiger partial charge in [-0.1, -0.05) is 23.7 Å². The van der Waals surface area contributed by atoms with E-state index in [4.69, 9.17) is 31.2 Å². The number of oxazole rings is 1. The van der Waals surface area contributed by atoms with Crippen LogP contribution in [0.15, 0.2) is 59.2 Å². The number of nitrogens with one attached hydrogen (secondary N) is 2. The van der Waals surface area contributed by atoms with E-state index in [0.29, 0.717) is 23.8 Å². The maximum atomic E-state index is 13.9. The van der Waals surface area contributed by atoms with Gasteiger partial charge in [-0.3, -0.25) is 4.79 Å². The van der Waals surface area contributed by atoms with Gasteiger partial charge in [0, 0.05) is 25.3 Å². The molecule has 0 saturated carbocycles. The second kappa shape index (κ2) is 11.5. The van der Waals surface area contributed by atoms with Crippen LogP contribution < -0.4 is 21.1 Å². The molecule has 2 aromatic carbocycles. The first-order valence-electron chi connectivity index (χ1n) is 10.7. The van der Waals surface area contributed by atoms with Gasteiger partial charge in [0.25, 0.3) is 5.89 Å². The highest BCUT2D eigenvalue weighted by molar-refractivity contribution is 6.32. The lowest BCUT2D eigenvalue weighted by atomic mass is 10.3. The summed E-state index contributed by atoms with van der Waals surface area (Å²) >= 11 is 6.33. The van der Waals surface area contributed by atoms with Gasteiger partial charge in [-0.05, 0) is 30.3 Å². The van der Waals surface area contributed by atoms with Gasteiger partial charge in [0.1, 0.15) is 23.6 Å². The molecule has 2 heterocycles. The minimum Gasteiger partial charge on any atom is -0.453 e. The molecular weight excluding hydrogens is 491 g/mol. The number of hydrogen-bond acceptors (Lipinski definition) is 9. The van der Waals surface area contributed by atoms with Crippen LogP contribution in [0.1, 0.15) is 12.1 Å². The maximum Gasteiger partial charge on any atom is 0.265 e. The van der Waals surface area contributed by atoms with Crippen LogP contribution in [0.3, 0.4) is 0 Å². The number of halogens is 2. The highest BCUT2D eigenvalue weighted by Crippen LogP contribution is 2.33. The largest absolute Gasteiger partial charge is 0.453 e. The first-order valence-corrected chi connectivity index (χ1v) is 11.1. The monoisotopic (exact) mass is 512 g/mol. The predicted octanol–water partition coefficient (Wildman–Crippen LogP) is 4.69. The quantitative estimate of drug-likeness (QED) is 0.276. The Labute approximate surface area is 210 Å². The number of para-hydroxylation sites is 1. The van der Waals surface area contributed by atoms with Crippen molar-refractivity contribution in [2.24, 2.45) is 0 Å². The summed E-state index contributed by atoms with van der Waals surface area (Å²) < 4.78 is 29.8. The summed E-state index contributed by atoms with van der Waals surface area (Å²) in [7, 11) is 1.53. The molecule has 2 aromatic heterocycles. The first-order chi connectivity index (χ1) is 17.4. The van der Waals surface area contributed by atoms with E-state index in [0.717, 1.165) is 0 Å². The lowest BCUT2D eigenvalue weighted by molar-refractivity contribution is -0.122. The van der Waals surface area contributed by atoms with E-state index >= 15 is 0 Å². The number of benzene rings is 2. The summed E-state index contributed by atoms with van der Waals surface area (Å²) in [5.74, 6) is 0.521. The van der Waals surface area contributed by atoms with E-state index < -0.39 is 5.82 Å². The van der Waals surface area contributed by atoms with E-state index in [1.165, 1.54) is 31.6 Å². The Bertz CT molecular complexity index is 1370. The van der Waals surface area contributed by atoms with Crippen LogP contribution in [0.5, 0.6) is 11.5 Å². The zero-order chi connectivity index (χ0) is 25.5. The second-order valence-electron chi connectivity index (χ2n) is 7.47. The molecular formula is C24H22ClFN6O4. The third-order valence-electron chi connectivity index (χ3n) is 4.75. The Balaban J connectivity index is 1.45. The van der Waals surface area contributed by atoms with Crippen LogP contribution in [-0.2, 0) is 16.1 Å². The zero-order valence-electron chi connectivity index (χ0n) is 19.1. The molecule has 4 rings (SSSR count). The number of aromatic nitrogens is 3. The molecule has 0 atom stereocenters. The summed E-state index contributed by atoms with van der Waals surface area (Å²) in [6.07, 6.45) is 1.65. The number of nitrogen functional groups attached to an aromatic ring is 1. The fraction of sp³-hybridized carbons (Fsp3) is 0.167. The number of ether oxygens (including phenoxy) is 2. The highest BCUT2D eigenvalue weighted by atomic mass is 35.5. The second-order valence-corrected chi connectivity index (χ2v) is 7.88. The SMILES string of the molecule is COCCC(=O)NCc1coc(-c2nc(N)cc(Nc3ccc(Oc4ccccc4F)c(Cl)c3)n2)n1. The summed E-state index contributed by atoms with van der Waals surface area (Å²) in [5, 5.41) is 6.06. The Hall–Kier alpha value is -4.22. The van der Waals surface area contributed by atoms with Gasteiger partial charge in [0.05, 0.1) is 23.9 Å². The molecule has 0 fully saturated rings. The van der Waals surface area contributed by atoms with Gasteiger partial charge in [0.15, 0.2) is 11.6 Å². The molecule has 4 N–H and O–H groups in total. The van der Waals surface area contributed by atoms with Crippen LogP contribution in [-0.4, -0.2) is 34.6 Å². The topological polar surface area (TPSA) is 137 Å². The molecule has 0 bridgehead atoms. The molecule has 186 valence electrons. The molecule has 4 aromatic rings. The smallest absolute Gasteiger partial charge is 0.265 e. The lowest BCUT2D eigenvalue weighted by Crippen LogP contribution is -2.23. The molecule has 0 aliphatic heterocycles. The molecule has 12 heteroatoms. The number of nitrogens with two attached hydrogens (primary N) is 1. The van der Waals surface area contributed by atoms with Crippen molar-refractivity contribution in [3.8, 4) is 23.2 Å². The van der Waals surface area contributed by atoms with E-state index in [1.54, 1.807) is 30.3 Å². The van der Waals surface area contributed by atoms with Crippen molar-refractivity contribution in [1.82, 2.24) is 20.3 Å². The molecule has 0 unspecified atom stereocenters. The molecule has 1 amide bonds. The molecule has 0 radical (unpaired) electrons. The lowest BCUT2D eigenvalue weighted by Gasteiger charge is -2.11. The van der Waals surface area contributed by atoms with E-state index in [-0.39, 0.29) is 52.9 Å². The number of methoxy groups -OCH3 is 1. The number of rotatable bonds is 10. The fourth-order valence-corrected chi connectivity index (χ4v) is 3.26. The van der Waals surface area contributed by atoms with Crippen molar-refractivity contribution in [1.29, 1.82) is 0 Å². The van der Waals surface area contributed by atoms with Crippen molar-refractivity contribution >= 4 is 34.8 Å². The third-order valence-corrected chi connectivity index (χ3v) is 5.05. The number of carbonyl (C=O) groups excluding carboxylic acids is 1. The fourth-order valence-electron chi connectivity index (χ4n) is 3.04. The number of nitrogens with zero attached hydrogens (tertiary/aromatic N) is 3. The molecule has 0 aliphatic carbocycles. The Morgan fingerprint density at radius 1 is 1.14 bits per heavy atom. The number of carbonyl (C=O) groups is 1. The van der Waals surface area contributed by atoms with Gasteiger partial charge in [-0.25, -0.2) is 19.3 Å². The Morgan fingerprint density at radius 3 is 2.75 bits per heavy atom. The number of anilines is 3. The zero-order valence-corrected chi connectivity index (χ0v) is 19.9. The third kappa shape index (κ3) is 6.46. The average Bonchev–Trinajstić information content (AvgIpc) is 3.33. The van der Waals surface area contributed by atoms with E-state index in [9.17, 15) is 9.18 Å². The van der Waals surface area contributed by atoms with Gasteiger partial charge in [-0.15, -0.1) is 0 Å². The standard InChI is InChI=1S/C24H22ClFN6O4/c1-34-9-8-22(33)28-12-15-13-35-24(30-15)23-31-20(27)11-21(32-23)29-14-6-7-18(16(25)10-14)36-19-5-3-2-4-17(19)26/h2-7,10-11,13H,8-9,12H2,1H3,(H,28,33)(H3,27,29,31,32). The summed E-state index contributed by atoms with van der Waals surface area (Å²) in [6.45, 7) is 0.509. The average molecular weight is 513 g/mol. The van der Waals surface area contributed by atoms with Crippen molar-refractivity contribution in [3.63, 3.8) is 0 Å². The van der Waals surface area contributed by atoms with E-state index in [1.807, 2.05) is 0 Å². The van der Waals surface area contributed by atoms with Crippen LogP contribution in [0.4, 0.5) is 21.7 Å². The Kier molecular flexibility index (Phi) is 7.93. The number of hydrogen-bond donors (Lipinski definition) is 3.